The number of nitrogens with zero attached hydrogens (tertiary/aromatic N) is 6. The number of nitriles is 2. The second-order valence-corrected chi connectivity index (χ2v) is 8.15. The molecule has 2 aromatic carbocycles. The van der Waals surface area contributed by atoms with E-state index in [9.17, 15) is 25.3 Å². The number of nitro groups is 2. The summed E-state index contributed by atoms with van der Waals surface area (Å²) >= 11 is 0. The number of hydrogen-bond acceptors (Lipinski definition) is 12. The molecule has 1 aliphatic rings. The highest BCUT2D eigenvalue weighted by atomic mass is 16.6. The molecule has 0 aliphatic carbocycles. The van der Waals surface area contributed by atoms with E-state index in [1.54, 1.807) is 12.1 Å². The van der Waals surface area contributed by atoms with Gasteiger partial charge in [-0.15, -0.1) is 0 Å². The molecule has 14 heteroatoms. The first-order valence-electron chi connectivity index (χ1n) is 11.4. The number of likely N-dealkylation sites (N-methyl/N-ethyl adjacent to an activating group) is 1. The van der Waals surface area contributed by atoms with Crippen LogP contribution in [0.3, 0.4) is 0 Å². The summed E-state index contributed by atoms with van der Waals surface area (Å²) in [6.07, 6.45) is 0.820. The largest absolute Gasteiger partial charge is 0.504 e. The summed E-state index contributed by atoms with van der Waals surface area (Å²) in [5.74, 6) is 0.295. The smallest absolute Gasteiger partial charge is 0.291 e. The lowest BCUT2D eigenvalue weighted by Gasteiger charge is -2.32. The molecule has 0 amide bonds. The lowest BCUT2D eigenvalue weighted by molar-refractivity contribution is -0.385. The maximum absolute atomic E-state index is 11.0. The van der Waals surface area contributed by atoms with Gasteiger partial charge in [0.25, 0.3) is 11.4 Å². The van der Waals surface area contributed by atoms with Gasteiger partial charge in [0.1, 0.15) is 23.3 Å². The minimum absolute atomic E-state index is 0.0344. The van der Waals surface area contributed by atoms with Gasteiger partial charge in [-0.05, 0) is 13.5 Å². The number of phenolic OH excluding ortho intramolecular Hbond substituents is 1. The highest BCUT2D eigenvalue weighted by Gasteiger charge is 2.20. The van der Waals surface area contributed by atoms with Crippen LogP contribution in [-0.2, 0) is 0 Å². The van der Waals surface area contributed by atoms with E-state index in [-0.39, 0.29) is 28.3 Å². The predicted octanol–water partition coefficient (Wildman–Crippen LogP) is 2.67. The second-order valence-electron chi connectivity index (χ2n) is 8.15. The van der Waals surface area contributed by atoms with Crippen LogP contribution in [0.5, 0.6) is 23.0 Å². The van der Waals surface area contributed by atoms with Crippen molar-refractivity contribution in [3.05, 3.63) is 55.6 Å². The summed E-state index contributed by atoms with van der Waals surface area (Å²) in [5, 5.41) is 48.3. The van der Waals surface area contributed by atoms with Crippen LogP contribution in [0, 0.1) is 42.9 Å². The summed E-state index contributed by atoms with van der Waals surface area (Å²) in [6, 6.07) is 8.05. The van der Waals surface area contributed by atoms with Gasteiger partial charge in [-0.2, -0.15) is 10.5 Å². The Kier molecular flexibility index (Phi) is 11.0. The van der Waals surface area contributed by atoms with Crippen molar-refractivity contribution in [3.63, 3.8) is 0 Å². The molecule has 0 saturated carbocycles. The summed E-state index contributed by atoms with van der Waals surface area (Å²) < 4.78 is 15.5. The second kappa shape index (κ2) is 14.2. The van der Waals surface area contributed by atoms with E-state index in [1.807, 2.05) is 0 Å². The lowest BCUT2D eigenvalue weighted by atomic mass is 10.1. The highest BCUT2D eigenvalue weighted by Crippen LogP contribution is 2.35. The van der Waals surface area contributed by atoms with Crippen LogP contribution in [-0.4, -0.2) is 85.4 Å². The van der Waals surface area contributed by atoms with Crippen molar-refractivity contribution < 1.29 is 29.2 Å². The summed E-state index contributed by atoms with van der Waals surface area (Å²) in [4.78, 5) is 24.8. The molecule has 3 rings (SSSR count). The van der Waals surface area contributed by atoms with Gasteiger partial charge >= 0.3 is 0 Å². The molecule has 1 aliphatic heterocycles. The zero-order valence-corrected chi connectivity index (χ0v) is 21.2. The molecule has 1 N–H and O–H groups in total. The maximum atomic E-state index is 11.0. The van der Waals surface area contributed by atoms with Crippen molar-refractivity contribution in [2.45, 2.75) is 6.42 Å². The van der Waals surface area contributed by atoms with Gasteiger partial charge in [-0.25, -0.2) is 0 Å². The first-order valence-corrected chi connectivity index (χ1v) is 11.4. The Balaban J connectivity index is 0.000000308. The van der Waals surface area contributed by atoms with Gasteiger partial charge < -0.3 is 29.1 Å². The van der Waals surface area contributed by atoms with E-state index in [1.165, 1.54) is 26.4 Å². The minimum atomic E-state index is -0.738. The molecule has 202 valence electrons. The Bertz CT molecular complexity index is 1230. The maximum Gasteiger partial charge on any atom is 0.291 e. The number of piperazine rings is 1. The molecule has 1 saturated heterocycles. The third kappa shape index (κ3) is 7.92. The molecule has 1 heterocycles. The molecule has 0 bridgehead atoms. The third-order valence-corrected chi connectivity index (χ3v) is 5.69. The van der Waals surface area contributed by atoms with E-state index in [2.05, 4.69) is 16.8 Å². The Morgan fingerprint density at radius 1 is 0.895 bits per heavy atom. The van der Waals surface area contributed by atoms with E-state index in [0.717, 1.165) is 51.3 Å². The van der Waals surface area contributed by atoms with Crippen LogP contribution in [0.4, 0.5) is 11.4 Å². The fraction of sp³-hybridized carbons (Fsp3) is 0.417. The monoisotopic (exact) mass is 528 g/mol. The molecular formula is C24H28N6O8. The number of benzene rings is 2. The van der Waals surface area contributed by atoms with Gasteiger partial charge in [-0.3, -0.25) is 20.2 Å². The van der Waals surface area contributed by atoms with Gasteiger partial charge in [-0.1, -0.05) is 0 Å². The molecule has 1 fully saturated rings. The number of rotatable bonds is 9. The van der Waals surface area contributed by atoms with Crippen molar-refractivity contribution >= 4 is 11.4 Å². The summed E-state index contributed by atoms with van der Waals surface area (Å²) in [7, 11) is 4.85. The molecule has 0 radical (unpaired) electrons. The zero-order valence-electron chi connectivity index (χ0n) is 21.2. The van der Waals surface area contributed by atoms with Crippen LogP contribution >= 0.6 is 0 Å². The van der Waals surface area contributed by atoms with Crippen molar-refractivity contribution in [3.8, 4) is 35.1 Å². The first-order chi connectivity index (χ1) is 18.1. The Morgan fingerprint density at radius 2 is 1.42 bits per heavy atom. The summed E-state index contributed by atoms with van der Waals surface area (Å²) in [5.41, 5.74) is -0.899. The van der Waals surface area contributed by atoms with Crippen LogP contribution < -0.4 is 14.2 Å². The number of hydrogen-bond donors (Lipinski definition) is 1. The number of nitro benzene ring substituents is 2. The molecule has 0 aromatic heterocycles. The molecule has 0 unspecified atom stereocenters. The molecular weight excluding hydrogens is 500 g/mol. The first kappa shape index (κ1) is 29.6. The van der Waals surface area contributed by atoms with Crippen molar-refractivity contribution in [2.75, 3.05) is 60.6 Å². The van der Waals surface area contributed by atoms with Crippen LogP contribution in [0.25, 0.3) is 0 Å². The number of ether oxygens (including phenoxy) is 3. The zero-order chi connectivity index (χ0) is 28.2. The van der Waals surface area contributed by atoms with E-state index >= 15 is 0 Å². The van der Waals surface area contributed by atoms with E-state index in [0.29, 0.717) is 18.1 Å². The summed E-state index contributed by atoms with van der Waals surface area (Å²) in [6.45, 7) is 5.58. The van der Waals surface area contributed by atoms with Gasteiger partial charge in [0, 0.05) is 44.9 Å². The minimum Gasteiger partial charge on any atom is -0.504 e. The lowest BCUT2D eigenvalue weighted by Crippen LogP contribution is -2.44. The Morgan fingerprint density at radius 3 is 1.92 bits per heavy atom. The van der Waals surface area contributed by atoms with Crippen LogP contribution in [0.15, 0.2) is 24.3 Å². The molecule has 0 atom stereocenters. The molecule has 14 nitrogen and oxygen atoms in total. The average Bonchev–Trinajstić information content (AvgIpc) is 2.91. The molecule has 0 spiro atoms. The SMILES string of the molecule is COc1cc(C#N)c([N+](=O)[O-])cc1O.COc1cc(C#N)c([N+](=O)[O-])cc1OCCCN1CCN(C)CC1. The quantitative estimate of drug-likeness (QED) is 0.285. The Labute approximate surface area is 219 Å². The van der Waals surface area contributed by atoms with E-state index < -0.39 is 15.5 Å². The van der Waals surface area contributed by atoms with Crippen LogP contribution in [0.1, 0.15) is 17.5 Å². The molecule has 38 heavy (non-hydrogen) atoms. The average molecular weight is 529 g/mol. The Hall–Kier alpha value is -4.66. The van der Waals surface area contributed by atoms with Crippen molar-refractivity contribution in [1.29, 1.82) is 10.5 Å². The van der Waals surface area contributed by atoms with Crippen molar-refractivity contribution in [1.82, 2.24) is 9.80 Å². The highest BCUT2D eigenvalue weighted by molar-refractivity contribution is 5.59. The molecule has 2 aromatic rings. The fourth-order valence-electron chi connectivity index (χ4n) is 3.57. The third-order valence-electron chi connectivity index (χ3n) is 5.69. The topological polar surface area (TPSA) is 188 Å². The van der Waals surface area contributed by atoms with Gasteiger partial charge in [0.15, 0.2) is 23.0 Å². The van der Waals surface area contributed by atoms with Crippen LogP contribution in [0.2, 0.25) is 0 Å². The van der Waals surface area contributed by atoms with Gasteiger partial charge in [0.2, 0.25) is 0 Å². The number of aromatic hydroxyl groups is 1. The standard InChI is InChI=1S/C16H22N4O4.C8H6N2O4/c1-18-5-7-19(8-6-18)4-3-9-24-16-11-14(20(21)22)13(12-17)10-15(16)23-2;1-14-8-2-5(4-9)6(10(12)13)3-7(8)11/h10-11H,3-9H2,1-2H3;2-3,11H,1H3. The fourth-order valence-corrected chi connectivity index (χ4v) is 3.57. The number of methoxy groups -OCH3 is 2. The van der Waals surface area contributed by atoms with Gasteiger partial charge in [0.05, 0.1) is 42.8 Å². The predicted molar refractivity (Wildman–Crippen MR) is 134 cm³/mol. The number of phenols is 1. The van der Waals surface area contributed by atoms with Crippen molar-refractivity contribution in [2.24, 2.45) is 0 Å². The normalized spacial score (nSPS) is 13.3. The van der Waals surface area contributed by atoms with E-state index in [4.69, 9.17) is 24.7 Å².